The number of hydrogen-bond acceptors (Lipinski definition) is 0. The van der Waals surface area contributed by atoms with Gasteiger partial charge in [0, 0.05) is 22.1 Å². The van der Waals surface area contributed by atoms with E-state index in [9.17, 15) is 0 Å². The Kier molecular flexibility index (Phi) is 6.55. The molecule has 7 aromatic rings. The molecule has 2 heterocycles. The molecule has 0 radical (unpaired) electrons. The molecule has 42 heavy (non-hydrogen) atoms. The maximum absolute atomic E-state index is 2.43. The minimum atomic E-state index is 1.03. The summed E-state index contributed by atoms with van der Waals surface area (Å²) in [5, 5.41) is 2.47. The van der Waals surface area contributed by atoms with Crippen LogP contribution in [-0.4, -0.2) is 9.13 Å². The zero-order valence-corrected chi connectivity index (χ0v) is 24.9. The minimum absolute atomic E-state index is 1.03. The average Bonchev–Trinajstić information content (AvgIpc) is 3.58. The van der Waals surface area contributed by atoms with E-state index in [4.69, 9.17) is 0 Å². The summed E-state index contributed by atoms with van der Waals surface area (Å²) in [6.07, 6.45) is 2.07. The summed E-state index contributed by atoms with van der Waals surface area (Å²) in [7, 11) is 0. The number of benzene rings is 5. The van der Waals surface area contributed by atoms with Crippen LogP contribution in [0.4, 0.5) is 0 Å². The van der Waals surface area contributed by atoms with Crippen LogP contribution in [0.1, 0.15) is 36.1 Å². The number of hydrogen-bond donors (Lipinski definition) is 0. The first-order valence-electron chi connectivity index (χ1n) is 15.1. The lowest BCUT2D eigenvalue weighted by Crippen LogP contribution is -1.98. The van der Waals surface area contributed by atoms with Gasteiger partial charge in [-0.05, 0) is 97.5 Å². The number of aromatic nitrogens is 2. The highest BCUT2D eigenvalue weighted by Gasteiger charge is 2.18. The molecule has 2 heteroatoms. The fraction of sp³-hybridized carbons (Fsp3) is 0.150. The van der Waals surface area contributed by atoms with Gasteiger partial charge in [-0.2, -0.15) is 0 Å². The summed E-state index contributed by atoms with van der Waals surface area (Å²) in [6.45, 7) is 8.71. The topological polar surface area (TPSA) is 9.86 Å². The lowest BCUT2D eigenvalue weighted by Gasteiger charge is -2.13. The van der Waals surface area contributed by atoms with Crippen LogP contribution in [0.2, 0.25) is 0 Å². The second kappa shape index (κ2) is 10.5. The van der Waals surface area contributed by atoms with Crippen molar-refractivity contribution < 1.29 is 0 Å². The van der Waals surface area contributed by atoms with Gasteiger partial charge in [-0.25, -0.2) is 0 Å². The summed E-state index contributed by atoms with van der Waals surface area (Å²) >= 11 is 0. The molecule has 0 aliphatic carbocycles. The van der Waals surface area contributed by atoms with Gasteiger partial charge in [0.25, 0.3) is 0 Å². The summed E-state index contributed by atoms with van der Waals surface area (Å²) in [5.74, 6) is 0. The summed E-state index contributed by atoms with van der Waals surface area (Å²) in [4.78, 5) is 0. The normalized spacial score (nSPS) is 11.5. The first-order valence-corrected chi connectivity index (χ1v) is 15.1. The number of rotatable bonds is 6. The lowest BCUT2D eigenvalue weighted by molar-refractivity contribution is 1.10. The molecule has 0 fully saturated rings. The van der Waals surface area contributed by atoms with E-state index < -0.39 is 0 Å². The van der Waals surface area contributed by atoms with Gasteiger partial charge < -0.3 is 9.13 Å². The predicted octanol–water partition coefficient (Wildman–Crippen LogP) is 10.7. The first kappa shape index (κ1) is 26.1. The van der Waals surface area contributed by atoms with Crippen LogP contribution in [0.3, 0.4) is 0 Å². The number of aryl methyl sites for hydroxylation is 4. The molecular weight excluding hydrogens is 508 g/mol. The van der Waals surface area contributed by atoms with Crippen molar-refractivity contribution in [2.45, 2.75) is 40.5 Å². The fourth-order valence-corrected chi connectivity index (χ4v) is 6.10. The van der Waals surface area contributed by atoms with Crippen LogP contribution in [-0.2, 0) is 12.8 Å². The average molecular weight is 545 g/mol. The maximum atomic E-state index is 2.43. The first-order chi connectivity index (χ1) is 20.5. The molecular formula is C40H36N2. The largest absolute Gasteiger partial charge is 0.309 e. The van der Waals surface area contributed by atoms with Crippen molar-refractivity contribution in [1.29, 1.82) is 0 Å². The Balaban J connectivity index is 1.52. The van der Waals surface area contributed by atoms with Crippen LogP contribution in [0.15, 0.2) is 121 Å². The van der Waals surface area contributed by atoms with E-state index in [0.717, 1.165) is 12.8 Å². The third-order valence-electron chi connectivity index (χ3n) is 8.62. The van der Waals surface area contributed by atoms with Crippen molar-refractivity contribution >= 4 is 21.8 Å². The van der Waals surface area contributed by atoms with Crippen LogP contribution in [0.5, 0.6) is 0 Å². The molecule has 0 unspecified atom stereocenters. The van der Waals surface area contributed by atoms with Gasteiger partial charge in [-0.15, -0.1) is 0 Å². The lowest BCUT2D eigenvalue weighted by atomic mass is 10.1. The molecule has 2 aromatic heterocycles. The standard InChI is InChI=1S/C40H36N2/c1-5-29-11-19-35(20-12-29)41-37(31-15-7-27(3)8-16-31)23-33-26-40-34(25-39(33)41)24-38(32-17-9-28(4)10-18-32)42(40)36-21-13-30(6-2)14-22-36/h7-26H,5-6H2,1-4H3. The monoisotopic (exact) mass is 544 g/mol. The third kappa shape index (κ3) is 4.54. The van der Waals surface area contributed by atoms with E-state index in [-0.39, 0.29) is 0 Å². The van der Waals surface area contributed by atoms with E-state index in [1.807, 2.05) is 0 Å². The molecule has 0 atom stereocenters. The molecule has 2 nitrogen and oxygen atoms in total. The predicted molar refractivity (Wildman–Crippen MR) is 179 cm³/mol. The third-order valence-corrected chi connectivity index (χ3v) is 8.62. The fourth-order valence-electron chi connectivity index (χ4n) is 6.10. The minimum Gasteiger partial charge on any atom is -0.309 e. The Morgan fingerprint density at radius 3 is 1.12 bits per heavy atom. The molecule has 0 aliphatic heterocycles. The molecule has 0 N–H and O–H groups in total. The SMILES string of the molecule is CCc1ccc(-n2c(-c3ccc(C)cc3)cc3cc4c(cc(-c5ccc(C)cc5)n4-c4ccc(CC)cc4)cc32)cc1. The Labute approximate surface area is 248 Å². The Morgan fingerprint density at radius 2 is 0.786 bits per heavy atom. The molecule has 0 spiro atoms. The van der Waals surface area contributed by atoms with Gasteiger partial charge in [0.2, 0.25) is 0 Å². The molecule has 206 valence electrons. The zero-order valence-electron chi connectivity index (χ0n) is 24.9. The van der Waals surface area contributed by atoms with E-state index in [0.29, 0.717) is 0 Å². The second-order valence-corrected chi connectivity index (χ2v) is 11.5. The Bertz CT molecular complexity index is 1860. The van der Waals surface area contributed by atoms with Crippen molar-refractivity contribution in [2.75, 3.05) is 0 Å². The molecule has 0 saturated carbocycles. The van der Waals surface area contributed by atoms with Crippen molar-refractivity contribution in [3.63, 3.8) is 0 Å². The molecule has 7 rings (SSSR count). The highest BCUT2D eigenvalue weighted by Crippen LogP contribution is 2.38. The second-order valence-electron chi connectivity index (χ2n) is 11.5. The molecule has 5 aromatic carbocycles. The van der Waals surface area contributed by atoms with Gasteiger partial charge in [-0.1, -0.05) is 97.8 Å². The van der Waals surface area contributed by atoms with Gasteiger partial charge in [0.1, 0.15) is 0 Å². The van der Waals surface area contributed by atoms with Crippen LogP contribution >= 0.6 is 0 Å². The van der Waals surface area contributed by atoms with Crippen molar-refractivity contribution in [2.24, 2.45) is 0 Å². The molecule has 0 bridgehead atoms. The van der Waals surface area contributed by atoms with E-state index in [1.54, 1.807) is 0 Å². The van der Waals surface area contributed by atoms with Crippen LogP contribution < -0.4 is 0 Å². The van der Waals surface area contributed by atoms with Crippen LogP contribution in [0.25, 0.3) is 55.7 Å². The highest BCUT2D eigenvalue weighted by atomic mass is 15.0. The molecule has 0 aliphatic rings. The van der Waals surface area contributed by atoms with Gasteiger partial charge in [-0.3, -0.25) is 0 Å². The molecule has 0 saturated heterocycles. The molecule has 0 amide bonds. The Hall–Kier alpha value is -4.82. The van der Waals surface area contributed by atoms with E-state index in [2.05, 4.69) is 158 Å². The number of nitrogens with zero attached hydrogens (tertiary/aromatic N) is 2. The quantitative estimate of drug-likeness (QED) is 0.197. The van der Waals surface area contributed by atoms with Crippen molar-refractivity contribution in [3.8, 4) is 33.9 Å². The van der Waals surface area contributed by atoms with Gasteiger partial charge >= 0.3 is 0 Å². The van der Waals surface area contributed by atoms with E-state index >= 15 is 0 Å². The maximum Gasteiger partial charge on any atom is 0.0542 e. The summed E-state index contributed by atoms with van der Waals surface area (Å²) < 4.78 is 4.86. The van der Waals surface area contributed by atoms with Crippen LogP contribution in [0, 0.1) is 13.8 Å². The van der Waals surface area contributed by atoms with Gasteiger partial charge in [0.15, 0.2) is 0 Å². The Morgan fingerprint density at radius 1 is 0.429 bits per heavy atom. The zero-order chi connectivity index (χ0) is 28.8. The summed E-state index contributed by atoms with van der Waals surface area (Å²) in [6, 6.07) is 45.3. The van der Waals surface area contributed by atoms with E-state index in [1.165, 1.54) is 77.9 Å². The smallest absolute Gasteiger partial charge is 0.0542 e. The highest BCUT2D eigenvalue weighted by molar-refractivity contribution is 6.02. The van der Waals surface area contributed by atoms with Crippen molar-refractivity contribution in [3.05, 3.63) is 144 Å². The number of fused-ring (bicyclic) bond motifs is 2. The summed E-state index contributed by atoms with van der Waals surface area (Å²) in [5.41, 5.74) is 14.9. The van der Waals surface area contributed by atoms with Gasteiger partial charge in [0.05, 0.1) is 22.4 Å². The van der Waals surface area contributed by atoms with Crippen molar-refractivity contribution in [1.82, 2.24) is 9.13 Å².